The van der Waals surface area contributed by atoms with Crippen LogP contribution in [-0.2, 0) is 7.05 Å². The molecule has 0 aliphatic carbocycles. The van der Waals surface area contributed by atoms with E-state index in [1.54, 1.807) is 18.4 Å². The summed E-state index contributed by atoms with van der Waals surface area (Å²) in [6, 6.07) is 8.26. The van der Waals surface area contributed by atoms with Gasteiger partial charge in [0.05, 0.1) is 5.69 Å². The minimum atomic E-state index is -0.324. The summed E-state index contributed by atoms with van der Waals surface area (Å²) in [6.45, 7) is 3.76. The number of aryl methyl sites for hydroxylation is 2. The molecule has 0 radical (unpaired) electrons. The summed E-state index contributed by atoms with van der Waals surface area (Å²) in [6.07, 6.45) is 0. The molecule has 3 aromatic rings. The average Bonchev–Trinajstić information content (AvgIpc) is 3.10. The maximum absolute atomic E-state index is 13.1. The lowest BCUT2D eigenvalue weighted by Gasteiger charge is -2.06. The summed E-state index contributed by atoms with van der Waals surface area (Å²) in [5.74, 6) is -0.622. The van der Waals surface area contributed by atoms with Crippen LogP contribution >= 0.6 is 11.3 Å². The minimum Gasteiger partial charge on any atom is -0.346 e. The number of aromatic nitrogens is 2. The molecular weight excluding hydrogens is 313 g/mol. The lowest BCUT2D eigenvalue weighted by atomic mass is 10.2. The Hall–Kier alpha value is -2.47. The van der Waals surface area contributed by atoms with Crippen molar-refractivity contribution >= 4 is 22.9 Å². The van der Waals surface area contributed by atoms with Gasteiger partial charge >= 0.3 is 0 Å². The Labute approximate surface area is 137 Å². The van der Waals surface area contributed by atoms with E-state index in [4.69, 9.17) is 0 Å². The second-order valence-electron chi connectivity index (χ2n) is 5.37. The molecule has 0 spiro atoms. The van der Waals surface area contributed by atoms with Crippen molar-refractivity contribution in [2.75, 3.05) is 5.32 Å². The van der Waals surface area contributed by atoms with Crippen molar-refractivity contribution in [2.45, 2.75) is 13.8 Å². The van der Waals surface area contributed by atoms with Crippen molar-refractivity contribution < 1.29 is 9.18 Å². The fourth-order valence-corrected chi connectivity index (χ4v) is 3.14. The van der Waals surface area contributed by atoms with Gasteiger partial charge in [0, 0.05) is 23.8 Å². The van der Waals surface area contributed by atoms with Crippen molar-refractivity contribution in [1.29, 1.82) is 0 Å². The van der Waals surface area contributed by atoms with E-state index in [0.717, 1.165) is 16.4 Å². The van der Waals surface area contributed by atoms with Crippen molar-refractivity contribution in [2.24, 2.45) is 7.05 Å². The summed E-state index contributed by atoms with van der Waals surface area (Å²) >= 11 is 1.42. The number of carbonyl (C=O) groups is 1. The zero-order valence-corrected chi connectivity index (χ0v) is 13.9. The number of halogens is 1. The molecule has 1 amide bonds. The first-order valence-corrected chi connectivity index (χ1v) is 7.99. The number of carbonyl (C=O) groups excluding carboxylic acids is 1. The molecule has 0 aliphatic rings. The van der Waals surface area contributed by atoms with E-state index in [1.165, 1.54) is 23.5 Å². The Morgan fingerprint density at radius 3 is 2.70 bits per heavy atom. The molecule has 0 saturated carbocycles. The highest BCUT2D eigenvalue weighted by Crippen LogP contribution is 2.26. The van der Waals surface area contributed by atoms with Crippen LogP contribution in [0.4, 0.5) is 10.1 Å². The fourth-order valence-electron chi connectivity index (χ4n) is 2.28. The third-order valence-corrected chi connectivity index (χ3v) is 4.63. The zero-order chi connectivity index (χ0) is 16.6. The molecule has 2 aromatic heterocycles. The number of hydrogen-bond acceptors (Lipinski definition) is 3. The minimum absolute atomic E-state index is 0.298. The first-order chi connectivity index (χ1) is 11.0. The van der Waals surface area contributed by atoms with E-state index in [1.807, 2.05) is 30.7 Å². The third kappa shape index (κ3) is 3.03. The SMILES string of the molecule is Cc1cc(F)ccc1NC(=O)c1csc(-c2ccc(C)n2C)n1. The average molecular weight is 329 g/mol. The number of nitrogens with one attached hydrogen (secondary N) is 1. The standard InChI is InChI=1S/C17H16FN3OS/c1-10-8-12(18)5-6-13(10)19-16(22)14-9-23-17(20-14)15-7-4-11(2)21(15)3/h4-9H,1-3H3,(H,19,22). The molecule has 0 atom stereocenters. The second kappa shape index (κ2) is 5.96. The number of nitrogens with zero attached hydrogens (tertiary/aromatic N) is 2. The van der Waals surface area contributed by atoms with E-state index in [-0.39, 0.29) is 11.7 Å². The van der Waals surface area contributed by atoms with Crippen LogP contribution in [-0.4, -0.2) is 15.5 Å². The van der Waals surface area contributed by atoms with Crippen LogP contribution in [0.25, 0.3) is 10.7 Å². The van der Waals surface area contributed by atoms with Gasteiger partial charge in [0.1, 0.15) is 16.5 Å². The molecule has 2 heterocycles. The fraction of sp³-hybridized carbons (Fsp3) is 0.176. The molecule has 0 bridgehead atoms. The van der Waals surface area contributed by atoms with Gasteiger partial charge < -0.3 is 9.88 Å². The van der Waals surface area contributed by atoms with Crippen molar-refractivity contribution in [1.82, 2.24) is 9.55 Å². The Morgan fingerprint density at radius 1 is 1.26 bits per heavy atom. The molecule has 6 heteroatoms. The summed E-state index contributed by atoms with van der Waals surface area (Å²) in [7, 11) is 1.97. The smallest absolute Gasteiger partial charge is 0.275 e. The number of anilines is 1. The van der Waals surface area contributed by atoms with E-state index in [9.17, 15) is 9.18 Å². The quantitative estimate of drug-likeness (QED) is 0.784. The monoisotopic (exact) mass is 329 g/mol. The molecule has 118 valence electrons. The van der Waals surface area contributed by atoms with Gasteiger partial charge in [-0.05, 0) is 49.7 Å². The largest absolute Gasteiger partial charge is 0.346 e. The van der Waals surface area contributed by atoms with Crippen molar-refractivity contribution in [3.8, 4) is 10.7 Å². The van der Waals surface area contributed by atoms with Crippen LogP contribution in [0.1, 0.15) is 21.7 Å². The zero-order valence-electron chi connectivity index (χ0n) is 13.1. The Bertz CT molecular complexity index is 882. The Morgan fingerprint density at radius 2 is 2.04 bits per heavy atom. The van der Waals surface area contributed by atoms with Gasteiger partial charge in [0.25, 0.3) is 5.91 Å². The third-order valence-electron chi connectivity index (χ3n) is 3.77. The van der Waals surface area contributed by atoms with Crippen molar-refractivity contribution in [3.63, 3.8) is 0 Å². The highest BCUT2D eigenvalue weighted by atomic mass is 32.1. The van der Waals surface area contributed by atoms with Gasteiger partial charge in [-0.3, -0.25) is 4.79 Å². The van der Waals surface area contributed by atoms with Gasteiger partial charge in [-0.15, -0.1) is 11.3 Å². The molecule has 0 saturated heterocycles. The van der Waals surface area contributed by atoms with Gasteiger partial charge in [0.15, 0.2) is 0 Å². The van der Waals surface area contributed by atoms with Gasteiger partial charge in [-0.1, -0.05) is 0 Å². The first-order valence-electron chi connectivity index (χ1n) is 7.11. The maximum atomic E-state index is 13.1. The van der Waals surface area contributed by atoms with E-state index in [0.29, 0.717) is 16.9 Å². The van der Waals surface area contributed by atoms with Crippen LogP contribution in [0.2, 0.25) is 0 Å². The van der Waals surface area contributed by atoms with Gasteiger partial charge in [-0.2, -0.15) is 0 Å². The first kappa shape index (κ1) is 15.4. The number of amides is 1. The molecule has 0 unspecified atom stereocenters. The molecule has 23 heavy (non-hydrogen) atoms. The summed E-state index contributed by atoms with van der Waals surface area (Å²) in [5, 5.41) is 5.29. The van der Waals surface area contributed by atoms with E-state index in [2.05, 4.69) is 10.3 Å². The summed E-state index contributed by atoms with van der Waals surface area (Å²) < 4.78 is 15.1. The summed E-state index contributed by atoms with van der Waals surface area (Å²) in [5.41, 5.74) is 3.72. The van der Waals surface area contributed by atoms with E-state index >= 15 is 0 Å². The summed E-state index contributed by atoms with van der Waals surface area (Å²) in [4.78, 5) is 16.7. The normalized spacial score (nSPS) is 10.8. The highest BCUT2D eigenvalue weighted by molar-refractivity contribution is 7.13. The van der Waals surface area contributed by atoms with Gasteiger partial charge in [0.2, 0.25) is 0 Å². The Kier molecular flexibility index (Phi) is 4.00. The van der Waals surface area contributed by atoms with Crippen LogP contribution in [0.15, 0.2) is 35.7 Å². The predicted molar refractivity (Wildman–Crippen MR) is 90.3 cm³/mol. The van der Waals surface area contributed by atoms with E-state index < -0.39 is 0 Å². The molecule has 4 nitrogen and oxygen atoms in total. The molecule has 0 aliphatic heterocycles. The molecule has 1 N–H and O–H groups in total. The number of benzene rings is 1. The topological polar surface area (TPSA) is 46.9 Å². The molecular formula is C17H16FN3OS. The number of hydrogen-bond donors (Lipinski definition) is 1. The second-order valence-corrected chi connectivity index (χ2v) is 6.23. The predicted octanol–water partition coefficient (Wildman–Crippen LogP) is 4.16. The Balaban J connectivity index is 1.82. The molecule has 0 fully saturated rings. The number of thiazole rings is 1. The van der Waals surface area contributed by atoms with Crippen LogP contribution in [0.3, 0.4) is 0 Å². The lowest BCUT2D eigenvalue weighted by molar-refractivity contribution is 0.102. The van der Waals surface area contributed by atoms with Gasteiger partial charge in [-0.25, -0.2) is 9.37 Å². The molecule has 3 rings (SSSR count). The lowest BCUT2D eigenvalue weighted by Crippen LogP contribution is -2.13. The highest BCUT2D eigenvalue weighted by Gasteiger charge is 2.15. The molecule has 1 aromatic carbocycles. The maximum Gasteiger partial charge on any atom is 0.275 e. The van der Waals surface area contributed by atoms with Crippen LogP contribution in [0.5, 0.6) is 0 Å². The van der Waals surface area contributed by atoms with Crippen LogP contribution in [0, 0.1) is 19.7 Å². The number of rotatable bonds is 3. The van der Waals surface area contributed by atoms with Crippen LogP contribution < -0.4 is 5.32 Å². The van der Waals surface area contributed by atoms with Crippen molar-refractivity contribution in [3.05, 3.63) is 58.5 Å².